The molecule has 108 valence electrons. The van der Waals surface area contributed by atoms with Gasteiger partial charge in [0.1, 0.15) is 23.3 Å². The Morgan fingerprint density at radius 1 is 0.905 bits per heavy atom. The maximum atomic E-state index is 13.6. The molecule has 6 heteroatoms. The molecule has 3 rings (SSSR count). The highest BCUT2D eigenvalue weighted by Gasteiger charge is 2.23. The van der Waals surface area contributed by atoms with Crippen molar-refractivity contribution in [3.8, 4) is 0 Å². The van der Waals surface area contributed by atoms with Crippen LogP contribution in [0.1, 0.15) is 17.4 Å². The number of halogens is 4. The normalized spacial score (nSPS) is 12.8. The summed E-state index contributed by atoms with van der Waals surface area (Å²) in [5, 5.41) is 10.4. The molecule has 0 radical (unpaired) electrons. The lowest BCUT2D eigenvalue weighted by atomic mass is 10.1. The third-order valence-corrected chi connectivity index (χ3v) is 3.13. The van der Waals surface area contributed by atoms with Gasteiger partial charge in [-0.2, -0.15) is 0 Å². The third kappa shape index (κ3) is 2.27. The van der Waals surface area contributed by atoms with Crippen molar-refractivity contribution >= 4 is 11.0 Å². The second kappa shape index (κ2) is 4.89. The number of benzene rings is 2. The molecule has 2 nitrogen and oxygen atoms in total. The van der Waals surface area contributed by atoms with E-state index in [2.05, 4.69) is 0 Å². The van der Waals surface area contributed by atoms with Gasteiger partial charge in [-0.3, -0.25) is 0 Å². The van der Waals surface area contributed by atoms with Gasteiger partial charge in [-0.15, -0.1) is 0 Å². The van der Waals surface area contributed by atoms with Gasteiger partial charge in [0.25, 0.3) is 0 Å². The Morgan fingerprint density at radius 3 is 2.43 bits per heavy atom. The largest absolute Gasteiger partial charge is 0.458 e. The molecule has 0 saturated heterocycles. The molecule has 1 aromatic heterocycles. The second-order valence-corrected chi connectivity index (χ2v) is 4.50. The zero-order valence-corrected chi connectivity index (χ0v) is 10.4. The summed E-state index contributed by atoms with van der Waals surface area (Å²) in [5.41, 5.74) is -0.179. The monoisotopic (exact) mass is 296 g/mol. The Labute approximate surface area is 116 Å². The highest BCUT2D eigenvalue weighted by atomic mass is 19.2. The Balaban J connectivity index is 2.08. The molecule has 21 heavy (non-hydrogen) atoms. The van der Waals surface area contributed by atoms with E-state index in [1.54, 1.807) is 0 Å². The number of hydrogen-bond acceptors (Lipinski definition) is 2. The van der Waals surface area contributed by atoms with Crippen LogP contribution in [0.3, 0.4) is 0 Å². The van der Waals surface area contributed by atoms with E-state index in [0.717, 1.165) is 6.07 Å². The van der Waals surface area contributed by atoms with E-state index in [9.17, 15) is 22.7 Å². The lowest BCUT2D eigenvalue weighted by Crippen LogP contribution is -2.04. The fourth-order valence-electron chi connectivity index (χ4n) is 2.07. The highest BCUT2D eigenvalue weighted by Crippen LogP contribution is 2.31. The van der Waals surface area contributed by atoms with Crippen LogP contribution >= 0.6 is 0 Å². The van der Waals surface area contributed by atoms with E-state index in [-0.39, 0.29) is 11.3 Å². The molecule has 0 amide bonds. The van der Waals surface area contributed by atoms with Crippen molar-refractivity contribution in [1.82, 2.24) is 0 Å². The molecule has 1 unspecified atom stereocenters. The van der Waals surface area contributed by atoms with Gasteiger partial charge in [-0.25, -0.2) is 17.6 Å². The quantitative estimate of drug-likeness (QED) is 0.571. The van der Waals surface area contributed by atoms with Crippen LogP contribution in [0.4, 0.5) is 17.6 Å². The van der Waals surface area contributed by atoms with E-state index >= 15 is 0 Å². The van der Waals surface area contributed by atoms with Crippen molar-refractivity contribution in [3.63, 3.8) is 0 Å². The van der Waals surface area contributed by atoms with Gasteiger partial charge in [-0.05, 0) is 36.4 Å². The minimum Gasteiger partial charge on any atom is -0.458 e. The van der Waals surface area contributed by atoms with Gasteiger partial charge in [-0.1, -0.05) is 0 Å². The molecule has 0 bridgehead atoms. The first-order chi connectivity index (χ1) is 9.97. The predicted octanol–water partition coefficient (Wildman–Crippen LogP) is 4.07. The number of hydrogen-bond donors (Lipinski definition) is 1. The number of aliphatic hydroxyl groups excluding tert-OH is 1. The molecule has 1 atom stereocenters. The first-order valence-electron chi connectivity index (χ1n) is 5.98. The first kappa shape index (κ1) is 13.6. The van der Waals surface area contributed by atoms with Crippen molar-refractivity contribution in [2.75, 3.05) is 0 Å². The zero-order chi connectivity index (χ0) is 15.1. The van der Waals surface area contributed by atoms with Gasteiger partial charge in [0.2, 0.25) is 0 Å². The average Bonchev–Trinajstić information content (AvgIpc) is 2.87. The second-order valence-electron chi connectivity index (χ2n) is 4.50. The summed E-state index contributed by atoms with van der Waals surface area (Å²) in [4.78, 5) is 0. The predicted molar refractivity (Wildman–Crippen MR) is 66.5 cm³/mol. The molecule has 1 N–H and O–H groups in total. The van der Waals surface area contributed by atoms with Gasteiger partial charge in [0, 0.05) is 10.9 Å². The van der Waals surface area contributed by atoms with Gasteiger partial charge >= 0.3 is 0 Å². The molecule has 0 aliphatic carbocycles. The summed E-state index contributed by atoms with van der Waals surface area (Å²) in [6, 6.07) is 6.63. The van der Waals surface area contributed by atoms with Crippen LogP contribution in [-0.4, -0.2) is 5.11 Å². The van der Waals surface area contributed by atoms with E-state index in [1.165, 1.54) is 24.3 Å². The molecule has 0 aliphatic heterocycles. The summed E-state index contributed by atoms with van der Waals surface area (Å²) in [7, 11) is 0. The van der Waals surface area contributed by atoms with Crippen molar-refractivity contribution in [1.29, 1.82) is 0 Å². The van der Waals surface area contributed by atoms with Gasteiger partial charge in [0.15, 0.2) is 17.5 Å². The lowest BCUT2D eigenvalue weighted by Gasteiger charge is -2.09. The minimum atomic E-state index is -1.67. The summed E-state index contributed by atoms with van der Waals surface area (Å²) in [6.45, 7) is 0. The Bertz CT molecular complexity index is 826. The Morgan fingerprint density at radius 2 is 1.67 bits per heavy atom. The molecular weight excluding hydrogens is 288 g/mol. The molecule has 2 aromatic carbocycles. The van der Waals surface area contributed by atoms with Crippen molar-refractivity contribution in [2.24, 2.45) is 0 Å². The number of aliphatic hydroxyl groups is 1. The topological polar surface area (TPSA) is 33.4 Å². The van der Waals surface area contributed by atoms with Crippen LogP contribution in [0.2, 0.25) is 0 Å². The fraction of sp³-hybridized carbons (Fsp3) is 0.0667. The van der Waals surface area contributed by atoms with Crippen LogP contribution in [0, 0.1) is 23.3 Å². The maximum absolute atomic E-state index is 13.6. The SMILES string of the molecule is OC(c1cc2cc(F)ccc2o1)c1ccc(F)c(F)c1F. The molecule has 1 heterocycles. The first-order valence-corrected chi connectivity index (χ1v) is 5.98. The lowest BCUT2D eigenvalue weighted by molar-refractivity contribution is 0.185. The van der Waals surface area contributed by atoms with E-state index in [0.29, 0.717) is 11.5 Å². The number of fused-ring (bicyclic) bond motifs is 1. The molecule has 3 aromatic rings. The Kier molecular flexibility index (Phi) is 3.17. The van der Waals surface area contributed by atoms with Crippen molar-refractivity contribution < 1.29 is 27.1 Å². The molecular formula is C15H8F4O2. The summed E-state index contributed by atoms with van der Waals surface area (Å²) in [5.74, 6) is -5.11. The molecule has 0 spiro atoms. The van der Waals surface area contributed by atoms with Crippen molar-refractivity contribution in [2.45, 2.75) is 6.10 Å². The number of rotatable bonds is 2. The van der Waals surface area contributed by atoms with Gasteiger partial charge < -0.3 is 9.52 Å². The summed E-state index contributed by atoms with van der Waals surface area (Å²) >= 11 is 0. The van der Waals surface area contributed by atoms with E-state index in [1.807, 2.05) is 0 Å². The third-order valence-electron chi connectivity index (χ3n) is 3.13. The zero-order valence-electron chi connectivity index (χ0n) is 10.4. The molecule has 0 saturated carbocycles. The maximum Gasteiger partial charge on any atom is 0.194 e. The molecule has 0 aliphatic rings. The van der Waals surface area contributed by atoms with E-state index < -0.39 is 34.9 Å². The van der Waals surface area contributed by atoms with Crippen LogP contribution in [0.25, 0.3) is 11.0 Å². The minimum absolute atomic E-state index is 0.0968. The Hall–Kier alpha value is -2.34. The molecule has 0 fully saturated rings. The average molecular weight is 296 g/mol. The van der Waals surface area contributed by atoms with E-state index in [4.69, 9.17) is 4.42 Å². The van der Waals surface area contributed by atoms with Crippen LogP contribution in [-0.2, 0) is 0 Å². The summed E-state index contributed by atoms with van der Waals surface area (Å²) in [6.07, 6.45) is -1.63. The summed E-state index contributed by atoms with van der Waals surface area (Å²) < 4.78 is 58.0. The van der Waals surface area contributed by atoms with Crippen molar-refractivity contribution in [3.05, 3.63) is 71.0 Å². The van der Waals surface area contributed by atoms with Gasteiger partial charge in [0.05, 0.1) is 0 Å². The smallest absolute Gasteiger partial charge is 0.194 e. The number of furan rings is 1. The van der Waals surface area contributed by atoms with Crippen LogP contribution in [0.5, 0.6) is 0 Å². The van der Waals surface area contributed by atoms with Crippen LogP contribution < -0.4 is 0 Å². The highest BCUT2D eigenvalue weighted by molar-refractivity contribution is 5.78. The standard InChI is InChI=1S/C15H8F4O2/c16-8-1-4-11-7(5-8)6-12(21-11)15(20)9-2-3-10(17)14(19)13(9)18/h1-6,15,20H. The van der Waals surface area contributed by atoms with Crippen LogP contribution in [0.15, 0.2) is 40.8 Å². The fourth-order valence-corrected chi connectivity index (χ4v) is 2.07.